The molecule has 0 aromatic carbocycles. The van der Waals surface area contributed by atoms with Crippen molar-refractivity contribution in [2.45, 2.75) is 31.2 Å². The van der Waals surface area contributed by atoms with Crippen LogP contribution in [0.5, 0.6) is 0 Å². The monoisotopic (exact) mass is 310 g/mol. The van der Waals surface area contributed by atoms with Crippen molar-refractivity contribution in [3.05, 3.63) is 12.2 Å². The van der Waals surface area contributed by atoms with E-state index in [1.165, 1.54) is 6.08 Å². The average molecular weight is 311 g/mol. The van der Waals surface area contributed by atoms with Gasteiger partial charge in [0.05, 0.1) is 43.6 Å². The molecule has 0 N–H and O–H groups in total. The highest BCUT2D eigenvalue weighted by Gasteiger charge is 2.27. The Hall–Kier alpha value is -0.170. The Morgan fingerprint density at radius 2 is 1.79 bits per heavy atom. The molecule has 2 rings (SSSR count). The van der Waals surface area contributed by atoms with Crippen LogP contribution in [0.4, 0.5) is 0 Å². The zero-order chi connectivity index (χ0) is 13.7. The number of alkyl halides is 2. The van der Waals surface area contributed by atoms with E-state index in [9.17, 15) is 4.79 Å². The number of ether oxygens (including phenoxy) is 4. The Labute approximate surface area is 121 Å². The quantitative estimate of drug-likeness (QED) is 0.549. The number of halogens is 2. The van der Waals surface area contributed by atoms with Crippen molar-refractivity contribution in [1.82, 2.24) is 0 Å². The number of ketones is 1. The van der Waals surface area contributed by atoms with Gasteiger partial charge < -0.3 is 18.9 Å². The number of rotatable bonds is 6. The molecule has 19 heavy (non-hydrogen) atoms. The van der Waals surface area contributed by atoms with Gasteiger partial charge in [0.1, 0.15) is 0 Å². The fourth-order valence-electron chi connectivity index (χ4n) is 1.77. The Bertz CT molecular complexity index is 336. The van der Waals surface area contributed by atoms with E-state index < -0.39 is 12.6 Å². The van der Waals surface area contributed by atoms with Gasteiger partial charge in [0.15, 0.2) is 18.4 Å². The standard InChI is InChI=1S/C12H16Cl2O5/c13-4-9-6-16-11(18-9)2-1-8(15)3-12-17-7-10(5-14)19-12/h1-2,9-12H,3-7H2. The van der Waals surface area contributed by atoms with Crippen LogP contribution < -0.4 is 0 Å². The largest absolute Gasteiger partial charge is 0.349 e. The third-order valence-electron chi connectivity index (χ3n) is 2.74. The van der Waals surface area contributed by atoms with Gasteiger partial charge in [-0.25, -0.2) is 0 Å². The molecule has 7 heteroatoms. The fraction of sp³-hybridized carbons (Fsp3) is 0.750. The summed E-state index contributed by atoms with van der Waals surface area (Å²) in [6.07, 6.45) is 1.89. The van der Waals surface area contributed by atoms with Crippen LogP contribution in [-0.4, -0.2) is 55.5 Å². The van der Waals surface area contributed by atoms with Gasteiger partial charge in [0, 0.05) is 0 Å². The van der Waals surface area contributed by atoms with Crippen molar-refractivity contribution in [3.8, 4) is 0 Å². The Morgan fingerprint density at radius 3 is 2.42 bits per heavy atom. The molecule has 0 aromatic rings. The minimum Gasteiger partial charge on any atom is -0.349 e. The smallest absolute Gasteiger partial charge is 0.177 e. The highest BCUT2D eigenvalue weighted by Crippen LogP contribution is 2.17. The first-order chi connectivity index (χ1) is 9.21. The SMILES string of the molecule is O=C(C=CC1OCC(CCl)O1)CC1OCC(CCl)O1. The second-order valence-electron chi connectivity index (χ2n) is 4.32. The minimum absolute atomic E-state index is 0.109. The fourth-order valence-corrected chi connectivity index (χ4v) is 2.09. The molecule has 2 fully saturated rings. The summed E-state index contributed by atoms with van der Waals surface area (Å²) in [6.45, 7) is 0.871. The average Bonchev–Trinajstić information content (AvgIpc) is 3.04. The van der Waals surface area contributed by atoms with E-state index in [0.29, 0.717) is 25.0 Å². The lowest BCUT2D eigenvalue weighted by Gasteiger charge is -2.08. The van der Waals surface area contributed by atoms with Crippen molar-refractivity contribution >= 4 is 29.0 Å². The summed E-state index contributed by atoms with van der Waals surface area (Å²) in [5, 5.41) is 0. The molecule has 108 valence electrons. The third-order valence-corrected chi connectivity index (χ3v) is 3.42. The van der Waals surface area contributed by atoms with E-state index in [1.807, 2.05) is 0 Å². The van der Waals surface area contributed by atoms with Crippen molar-refractivity contribution in [3.63, 3.8) is 0 Å². The van der Waals surface area contributed by atoms with Gasteiger partial charge in [-0.05, 0) is 12.2 Å². The van der Waals surface area contributed by atoms with Crippen LogP contribution in [-0.2, 0) is 23.7 Å². The molecule has 4 unspecified atom stereocenters. The molecule has 4 atom stereocenters. The predicted molar refractivity (Wildman–Crippen MR) is 69.4 cm³/mol. The lowest BCUT2D eigenvalue weighted by molar-refractivity contribution is -0.124. The Morgan fingerprint density at radius 1 is 1.11 bits per heavy atom. The van der Waals surface area contributed by atoms with Crippen LogP contribution in [0.1, 0.15) is 6.42 Å². The molecule has 2 aliphatic rings. The number of carbonyl (C=O) groups excluding carboxylic acids is 1. The first-order valence-electron chi connectivity index (χ1n) is 6.08. The number of allylic oxidation sites excluding steroid dienone is 1. The summed E-state index contributed by atoms with van der Waals surface area (Å²) in [4.78, 5) is 11.7. The molecule has 2 saturated heterocycles. The summed E-state index contributed by atoms with van der Waals surface area (Å²) in [5.41, 5.74) is 0. The molecule has 0 spiro atoms. The lowest BCUT2D eigenvalue weighted by Crippen LogP contribution is -2.16. The van der Waals surface area contributed by atoms with Crippen molar-refractivity contribution < 1.29 is 23.7 Å². The van der Waals surface area contributed by atoms with Crippen LogP contribution >= 0.6 is 23.2 Å². The van der Waals surface area contributed by atoms with E-state index in [1.54, 1.807) is 6.08 Å². The molecule has 0 saturated carbocycles. The first-order valence-corrected chi connectivity index (χ1v) is 7.15. The summed E-state index contributed by atoms with van der Waals surface area (Å²) >= 11 is 11.3. The van der Waals surface area contributed by atoms with E-state index in [0.717, 1.165) is 0 Å². The summed E-state index contributed by atoms with van der Waals surface area (Å²) < 4.78 is 21.4. The van der Waals surface area contributed by atoms with Crippen molar-refractivity contribution in [2.24, 2.45) is 0 Å². The normalized spacial score (nSPS) is 35.3. The van der Waals surface area contributed by atoms with Gasteiger partial charge >= 0.3 is 0 Å². The molecule has 5 nitrogen and oxygen atoms in total. The molecule has 2 heterocycles. The molecule has 2 aliphatic heterocycles. The Kier molecular flexibility index (Phi) is 6.06. The van der Waals surface area contributed by atoms with E-state index in [4.69, 9.17) is 42.1 Å². The van der Waals surface area contributed by atoms with Gasteiger partial charge in [0.25, 0.3) is 0 Å². The van der Waals surface area contributed by atoms with Gasteiger partial charge in [-0.15, -0.1) is 23.2 Å². The van der Waals surface area contributed by atoms with Crippen molar-refractivity contribution in [2.75, 3.05) is 25.0 Å². The second kappa shape index (κ2) is 7.57. The van der Waals surface area contributed by atoms with Gasteiger partial charge in [-0.2, -0.15) is 0 Å². The van der Waals surface area contributed by atoms with E-state index in [-0.39, 0.29) is 24.4 Å². The van der Waals surface area contributed by atoms with Crippen LogP contribution in [0.25, 0.3) is 0 Å². The molecular weight excluding hydrogens is 295 g/mol. The lowest BCUT2D eigenvalue weighted by atomic mass is 10.2. The van der Waals surface area contributed by atoms with Crippen LogP contribution in [0, 0.1) is 0 Å². The van der Waals surface area contributed by atoms with Gasteiger partial charge in [-0.3, -0.25) is 4.79 Å². The summed E-state index contributed by atoms with van der Waals surface area (Å²) in [7, 11) is 0. The van der Waals surface area contributed by atoms with Gasteiger partial charge in [0.2, 0.25) is 0 Å². The predicted octanol–water partition coefficient (Wildman–Crippen LogP) is 1.46. The molecular formula is C12H16Cl2O5. The van der Waals surface area contributed by atoms with Crippen molar-refractivity contribution in [1.29, 1.82) is 0 Å². The first kappa shape index (κ1) is 15.2. The summed E-state index contributed by atoms with van der Waals surface area (Å²) in [6, 6.07) is 0. The molecule has 0 aromatic heterocycles. The van der Waals surface area contributed by atoms with E-state index >= 15 is 0 Å². The highest BCUT2D eigenvalue weighted by atomic mass is 35.5. The number of carbonyl (C=O) groups is 1. The molecule has 0 radical (unpaired) electrons. The van der Waals surface area contributed by atoms with Crippen LogP contribution in [0.3, 0.4) is 0 Å². The van der Waals surface area contributed by atoms with Crippen LogP contribution in [0.2, 0.25) is 0 Å². The Balaban J connectivity index is 1.70. The molecule has 0 bridgehead atoms. The maximum atomic E-state index is 11.7. The number of hydrogen-bond acceptors (Lipinski definition) is 5. The second-order valence-corrected chi connectivity index (χ2v) is 4.94. The maximum absolute atomic E-state index is 11.7. The minimum atomic E-state index is -0.512. The topological polar surface area (TPSA) is 54.0 Å². The maximum Gasteiger partial charge on any atom is 0.177 e. The summed E-state index contributed by atoms with van der Waals surface area (Å²) in [5.74, 6) is 0.633. The number of hydrogen-bond donors (Lipinski definition) is 0. The van der Waals surface area contributed by atoms with E-state index in [2.05, 4.69) is 0 Å². The third kappa shape index (κ3) is 4.70. The zero-order valence-corrected chi connectivity index (χ0v) is 11.8. The van der Waals surface area contributed by atoms with Crippen LogP contribution in [0.15, 0.2) is 12.2 Å². The van der Waals surface area contributed by atoms with Gasteiger partial charge in [-0.1, -0.05) is 0 Å². The molecule has 0 aliphatic carbocycles. The zero-order valence-electron chi connectivity index (χ0n) is 10.3. The highest BCUT2D eigenvalue weighted by molar-refractivity contribution is 6.18. The molecule has 0 amide bonds.